The second-order valence-electron chi connectivity index (χ2n) is 2.75. The number of thioether (sulfide) groups is 1. The summed E-state index contributed by atoms with van der Waals surface area (Å²) in [5.74, 6) is 0. The van der Waals surface area contributed by atoms with E-state index < -0.39 is 0 Å². The average molecular weight is 193 g/mol. The van der Waals surface area contributed by atoms with Crippen LogP contribution in [0.3, 0.4) is 0 Å². The molecule has 0 heterocycles. The van der Waals surface area contributed by atoms with Crippen LogP contribution in [-0.4, -0.2) is 12.8 Å². The van der Waals surface area contributed by atoms with Crippen LogP contribution in [0.5, 0.6) is 0 Å². The Morgan fingerprint density at radius 1 is 1.31 bits per heavy atom. The summed E-state index contributed by atoms with van der Waals surface area (Å²) in [6, 6.07) is 8.51. The van der Waals surface area contributed by atoms with Gasteiger partial charge in [0.15, 0.2) is 0 Å². The van der Waals surface area contributed by atoms with E-state index in [0.29, 0.717) is 0 Å². The first-order valence-corrected chi connectivity index (χ1v) is 5.60. The minimum atomic E-state index is 0.722. The minimum Gasteiger partial charge on any atom is -0.330 e. The lowest BCUT2D eigenvalue weighted by Gasteiger charge is -1.96. The molecule has 1 nitrogen and oxygen atoms in total. The maximum absolute atomic E-state index is 5.38. The third-order valence-electron chi connectivity index (χ3n) is 1.76. The third-order valence-corrected chi connectivity index (χ3v) is 2.50. The van der Waals surface area contributed by atoms with Crippen LogP contribution >= 0.6 is 11.8 Å². The van der Waals surface area contributed by atoms with Crippen LogP contribution in [0.4, 0.5) is 0 Å². The van der Waals surface area contributed by atoms with Crippen LogP contribution in [0, 0.1) is 0 Å². The van der Waals surface area contributed by atoms with Crippen LogP contribution in [0.25, 0.3) is 6.08 Å². The molecule has 2 N–H and O–H groups in total. The lowest BCUT2D eigenvalue weighted by Crippen LogP contribution is -1.94. The first kappa shape index (κ1) is 10.4. The molecule has 0 aliphatic rings. The Morgan fingerprint density at radius 2 is 2.00 bits per heavy atom. The Bertz CT molecular complexity index is 264. The molecular weight excluding hydrogens is 178 g/mol. The zero-order valence-electron chi connectivity index (χ0n) is 7.86. The Labute approximate surface area is 84.0 Å². The van der Waals surface area contributed by atoms with Crippen LogP contribution in [-0.2, 0) is 0 Å². The predicted molar refractivity (Wildman–Crippen MR) is 60.9 cm³/mol. The van der Waals surface area contributed by atoms with Crippen molar-refractivity contribution in [2.45, 2.75) is 11.3 Å². The van der Waals surface area contributed by atoms with E-state index in [4.69, 9.17) is 5.73 Å². The van der Waals surface area contributed by atoms with Crippen LogP contribution in [0.2, 0.25) is 0 Å². The van der Waals surface area contributed by atoms with Gasteiger partial charge >= 0.3 is 0 Å². The highest BCUT2D eigenvalue weighted by Crippen LogP contribution is 2.15. The number of hydrogen-bond donors (Lipinski definition) is 1. The Hall–Kier alpha value is -0.730. The molecule has 0 atom stereocenters. The van der Waals surface area contributed by atoms with Crippen LogP contribution < -0.4 is 5.73 Å². The number of nitrogens with two attached hydrogens (primary N) is 1. The van der Waals surface area contributed by atoms with Gasteiger partial charge in [-0.05, 0) is 36.9 Å². The highest BCUT2D eigenvalue weighted by Gasteiger charge is 1.88. The van der Waals surface area contributed by atoms with Crippen molar-refractivity contribution in [1.82, 2.24) is 0 Å². The molecule has 0 bridgehead atoms. The van der Waals surface area contributed by atoms with E-state index in [0.717, 1.165) is 13.0 Å². The van der Waals surface area contributed by atoms with Crippen molar-refractivity contribution >= 4 is 17.8 Å². The molecule has 1 aromatic carbocycles. The lowest BCUT2D eigenvalue weighted by molar-refractivity contribution is 1.01. The van der Waals surface area contributed by atoms with Crippen molar-refractivity contribution in [3.63, 3.8) is 0 Å². The number of hydrogen-bond acceptors (Lipinski definition) is 2. The fourth-order valence-corrected chi connectivity index (χ4v) is 1.44. The molecule has 70 valence electrons. The maximum Gasteiger partial charge on any atom is 0.00695 e. The summed E-state index contributed by atoms with van der Waals surface area (Å²) in [5.41, 5.74) is 6.63. The molecule has 0 aliphatic heterocycles. The standard InChI is InChI=1S/C11H15NS/c1-13-11-7-5-10(6-8-11)4-2-3-9-12/h2,4-8H,3,9,12H2,1H3. The van der Waals surface area contributed by atoms with Crippen molar-refractivity contribution in [2.24, 2.45) is 5.73 Å². The van der Waals surface area contributed by atoms with Crippen molar-refractivity contribution in [3.05, 3.63) is 35.9 Å². The number of rotatable bonds is 4. The molecule has 0 amide bonds. The molecule has 0 aromatic heterocycles. The molecular formula is C11H15NS. The normalized spacial score (nSPS) is 10.9. The van der Waals surface area contributed by atoms with E-state index in [1.807, 2.05) is 0 Å². The second-order valence-corrected chi connectivity index (χ2v) is 3.63. The average Bonchev–Trinajstić information content (AvgIpc) is 2.19. The Balaban J connectivity index is 2.58. The fraction of sp³-hybridized carbons (Fsp3) is 0.273. The molecule has 2 heteroatoms. The van der Waals surface area contributed by atoms with Crippen molar-refractivity contribution in [2.75, 3.05) is 12.8 Å². The summed E-state index contributed by atoms with van der Waals surface area (Å²) in [6.45, 7) is 0.722. The van der Waals surface area contributed by atoms with Crippen LogP contribution in [0.1, 0.15) is 12.0 Å². The second kappa shape index (κ2) is 5.84. The molecule has 1 aromatic rings. The van der Waals surface area contributed by atoms with E-state index >= 15 is 0 Å². The third kappa shape index (κ3) is 3.66. The van der Waals surface area contributed by atoms with Crippen LogP contribution in [0.15, 0.2) is 35.2 Å². The Morgan fingerprint density at radius 3 is 2.54 bits per heavy atom. The van der Waals surface area contributed by atoms with Crippen molar-refractivity contribution in [1.29, 1.82) is 0 Å². The fourth-order valence-electron chi connectivity index (χ4n) is 1.03. The van der Waals surface area contributed by atoms with E-state index in [1.165, 1.54) is 10.5 Å². The molecule has 0 radical (unpaired) electrons. The molecule has 0 unspecified atom stereocenters. The zero-order chi connectivity index (χ0) is 9.52. The van der Waals surface area contributed by atoms with Gasteiger partial charge in [0.1, 0.15) is 0 Å². The quantitative estimate of drug-likeness (QED) is 0.744. The highest BCUT2D eigenvalue weighted by molar-refractivity contribution is 7.98. The minimum absolute atomic E-state index is 0.722. The summed E-state index contributed by atoms with van der Waals surface area (Å²) in [6.07, 6.45) is 7.24. The van der Waals surface area contributed by atoms with Gasteiger partial charge in [-0.15, -0.1) is 11.8 Å². The largest absolute Gasteiger partial charge is 0.330 e. The SMILES string of the molecule is CSc1ccc(C=CCCN)cc1. The van der Waals surface area contributed by atoms with Gasteiger partial charge < -0.3 is 5.73 Å². The van der Waals surface area contributed by atoms with E-state index in [-0.39, 0.29) is 0 Å². The molecule has 0 saturated carbocycles. The summed E-state index contributed by atoms with van der Waals surface area (Å²) in [4.78, 5) is 1.30. The van der Waals surface area contributed by atoms with Gasteiger partial charge in [0.2, 0.25) is 0 Å². The lowest BCUT2D eigenvalue weighted by atomic mass is 10.2. The van der Waals surface area contributed by atoms with Crippen molar-refractivity contribution in [3.8, 4) is 0 Å². The molecule has 0 aliphatic carbocycles. The van der Waals surface area contributed by atoms with Gasteiger partial charge in [0, 0.05) is 4.90 Å². The molecule has 0 spiro atoms. The first-order chi connectivity index (χ1) is 6.36. The molecule has 1 rings (SSSR count). The molecule has 0 saturated heterocycles. The maximum atomic E-state index is 5.38. The first-order valence-electron chi connectivity index (χ1n) is 4.37. The van der Waals surface area contributed by atoms with Gasteiger partial charge in [0.05, 0.1) is 0 Å². The Kier molecular flexibility index (Phi) is 4.65. The molecule has 13 heavy (non-hydrogen) atoms. The van der Waals surface area contributed by atoms with Gasteiger partial charge in [-0.1, -0.05) is 24.3 Å². The summed E-state index contributed by atoms with van der Waals surface area (Å²) in [7, 11) is 0. The van der Waals surface area contributed by atoms with E-state index in [2.05, 4.69) is 42.7 Å². The monoisotopic (exact) mass is 193 g/mol. The summed E-state index contributed by atoms with van der Waals surface area (Å²) < 4.78 is 0. The number of benzene rings is 1. The van der Waals surface area contributed by atoms with Gasteiger partial charge in [-0.3, -0.25) is 0 Å². The molecule has 0 fully saturated rings. The van der Waals surface area contributed by atoms with E-state index in [9.17, 15) is 0 Å². The van der Waals surface area contributed by atoms with Gasteiger partial charge in [-0.25, -0.2) is 0 Å². The van der Waals surface area contributed by atoms with E-state index in [1.54, 1.807) is 11.8 Å². The zero-order valence-corrected chi connectivity index (χ0v) is 8.68. The predicted octanol–water partition coefficient (Wildman–Crippen LogP) is 2.77. The van der Waals surface area contributed by atoms with Gasteiger partial charge in [0.25, 0.3) is 0 Å². The topological polar surface area (TPSA) is 26.0 Å². The summed E-state index contributed by atoms with van der Waals surface area (Å²) in [5, 5.41) is 0. The van der Waals surface area contributed by atoms with Gasteiger partial charge in [-0.2, -0.15) is 0 Å². The van der Waals surface area contributed by atoms with Crippen molar-refractivity contribution < 1.29 is 0 Å². The highest BCUT2D eigenvalue weighted by atomic mass is 32.2. The summed E-state index contributed by atoms with van der Waals surface area (Å²) >= 11 is 1.76. The smallest absolute Gasteiger partial charge is 0.00695 e.